The number of Topliss-reactive ketones (excluding diaryl/α,β-unsaturated/α-hetero) is 1. The molecule has 0 aliphatic rings. The SMILES string of the molecule is Cc1n[nH]c(C)c1CC(=O)c1ccc(Cl)cc1. The lowest BCUT2D eigenvalue weighted by Gasteiger charge is -2.02. The maximum atomic E-state index is 12.0. The van der Waals surface area contributed by atoms with Crippen molar-refractivity contribution < 1.29 is 4.79 Å². The van der Waals surface area contributed by atoms with Crippen molar-refractivity contribution in [3.8, 4) is 0 Å². The van der Waals surface area contributed by atoms with E-state index in [1.165, 1.54) is 0 Å². The maximum absolute atomic E-state index is 12.0. The van der Waals surface area contributed by atoms with Crippen LogP contribution in [0.25, 0.3) is 0 Å². The van der Waals surface area contributed by atoms with Gasteiger partial charge >= 0.3 is 0 Å². The van der Waals surface area contributed by atoms with E-state index in [0.29, 0.717) is 17.0 Å². The summed E-state index contributed by atoms with van der Waals surface area (Å²) >= 11 is 5.78. The van der Waals surface area contributed by atoms with Crippen LogP contribution in [0, 0.1) is 13.8 Å². The molecule has 1 heterocycles. The van der Waals surface area contributed by atoms with E-state index in [0.717, 1.165) is 17.0 Å². The van der Waals surface area contributed by atoms with Crippen molar-refractivity contribution in [3.63, 3.8) is 0 Å². The quantitative estimate of drug-likeness (QED) is 0.849. The average molecular weight is 249 g/mol. The van der Waals surface area contributed by atoms with Gasteiger partial charge in [-0.25, -0.2) is 0 Å². The van der Waals surface area contributed by atoms with Crippen LogP contribution in [-0.2, 0) is 6.42 Å². The molecule has 0 radical (unpaired) electrons. The molecule has 4 heteroatoms. The van der Waals surface area contributed by atoms with Gasteiger partial charge in [0, 0.05) is 28.3 Å². The fourth-order valence-electron chi connectivity index (χ4n) is 1.73. The summed E-state index contributed by atoms with van der Waals surface area (Å²) in [5.74, 6) is 0.0780. The zero-order valence-electron chi connectivity index (χ0n) is 9.75. The van der Waals surface area contributed by atoms with Crippen molar-refractivity contribution >= 4 is 17.4 Å². The lowest BCUT2D eigenvalue weighted by Crippen LogP contribution is -2.04. The number of hydrogen-bond donors (Lipinski definition) is 1. The molecule has 3 nitrogen and oxygen atoms in total. The minimum absolute atomic E-state index is 0.0780. The van der Waals surface area contributed by atoms with Crippen LogP contribution in [0.3, 0.4) is 0 Å². The summed E-state index contributed by atoms with van der Waals surface area (Å²) in [6.07, 6.45) is 0.371. The molecule has 0 spiro atoms. The van der Waals surface area contributed by atoms with E-state index in [4.69, 9.17) is 11.6 Å². The third-order valence-electron chi connectivity index (χ3n) is 2.78. The highest BCUT2D eigenvalue weighted by molar-refractivity contribution is 6.30. The molecule has 0 aliphatic heterocycles. The van der Waals surface area contributed by atoms with Crippen molar-refractivity contribution in [2.45, 2.75) is 20.3 Å². The van der Waals surface area contributed by atoms with Gasteiger partial charge in [0.15, 0.2) is 5.78 Å². The smallest absolute Gasteiger partial charge is 0.167 e. The molecule has 88 valence electrons. The second-order valence-electron chi connectivity index (χ2n) is 4.02. The van der Waals surface area contributed by atoms with Crippen LogP contribution in [0.15, 0.2) is 24.3 Å². The fourth-order valence-corrected chi connectivity index (χ4v) is 1.86. The molecular weight excluding hydrogens is 236 g/mol. The number of nitrogens with zero attached hydrogens (tertiary/aromatic N) is 1. The van der Waals surface area contributed by atoms with E-state index in [-0.39, 0.29) is 5.78 Å². The first kappa shape index (κ1) is 11.9. The van der Waals surface area contributed by atoms with Crippen LogP contribution >= 0.6 is 11.6 Å². The Kier molecular flexibility index (Phi) is 3.29. The van der Waals surface area contributed by atoms with E-state index >= 15 is 0 Å². The van der Waals surface area contributed by atoms with Crippen LogP contribution in [0.2, 0.25) is 5.02 Å². The first-order valence-corrected chi connectivity index (χ1v) is 5.75. The zero-order chi connectivity index (χ0) is 12.4. The lowest BCUT2D eigenvalue weighted by atomic mass is 10.0. The van der Waals surface area contributed by atoms with Gasteiger partial charge in [0.2, 0.25) is 0 Å². The zero-order valence-corrected chi connectivity index (χ0v) is 10.5. The highest BCUT2D eigenvalue weighted by Crippen LogP contribution is 2.15. The number of ketones is 1. The van der Waals surface area contributed by atoms with Gasteiger partial charge in [-0.05, 0) is 38.1 Å². The van der Waals surface area contributed by atoms with Crippen LogP contribution < -0.4 is 0 Å². The Morgan fingerprint density at radius 1 is 1.29 bits per heavy atom. The summed E-state index contributed by atoms with van der Waals surface area (Å²) in [4.78, 5) is 12.0. The molecule has 2 aromatic rings. The molecule has 0 atom stereocenters. The number of aromatic nitrogens is 2. The molecule has 1 aromatic carbocycles. The van der Waals surface area contributed by atoms with Crippen LogP contribution in [0.1, 0.15) is 27.3 Å². The van der Waals surface area contributed by atoms with E-state index in [2.05, 4.69) is 10.2 Å². The van der Waals surface area contributed by atoms with Crippen molar-refractivity contribution in [1.82, 2.24) is 10.2 Å². The van der Waals surface area contributed by atoms with Gasteiger partial charge in [-0.1, -0.05) is 11.6 Å². The summed E-state index contributed by atoms with van der Waals surface area (Å²) in [5, 5.41) is 7.59. The highest BCUT2D eigenvalue weighted by atomic mass is 35.5. The number of benzene rings is 1. The largest absolute Gasteiger partial charge is 0.294 e. The first-order chi connectivity index (χ1) is 8.08. The third kappa shape index (κ3) is 2.56. The summed E-state index contributed by atoms with van der Waals surface area (Å²) < 4.78 is 0. The number of nitrogens with one attached hydrogen (secondary N) is 1. The normalized spacial score (nSPS) is 10.5. The Balaban J connectivity index is 2.20. The van der Waals surface area contributed by atoms with Crippen LogP contribution in [0.4, 0.5) is 0 Å². The van der Waals surface area contributed by atoms with E-state index in [9.17, 15) is 4.79 Å². The molecule has 1 aromatic heterocycles. The molecule has 0 saturated carbocycles. The highest BCUT2D eigenvalue weighted by Gasteiger charge is 2.12. The van der Waals surface area contributed by atoms with Gasteiger partial charge in [0.05, 0.1) is 5.69 Å². The second-order valence-corrected chi connectivity index (χ2v) is 4.46. The van der Waals surface area contributed by atoms with E-state index in [1.54, 1.807) is 24.3 Å². The molecule has 0 amide bonds. The summed E-state index contributed by atoms with van der Waals surface area (Å²) in [5.41, 5.74) is 3.48. The van der Waals surface area contributed by atoms with Gasteiger partial charge in [0.1, 0.15) is 0 Å². The molecule has 0 bridgehead atoms. The molecule has 0 saturated heterocycles. The topological polar surface area (TPSA) is 45.8 Å². The maximum Gasteiger partial charge on any atom is 0.167 e. The van der Waals surface area contributed by atoms with Crippen molar-refractivity contribution in [1.29, 1.82) is 0 Å². The summed E-state index contributed by atoms with van der Waals surface area (Å²) in [7, 11) is 0. The van der Waals surface area contributed by atoms with Crippen LogP contribution in [-0.4, -0.2) is 16.0 Å². The van der Waals surface area contributed by atoms with Gasteiger partial charge in [0.25, 0.3) is 0 Å². The van der Waals surface area contributed by atoms with Crippen molar-refractivity contribution in [2.24, 2.45) is 0 Å². The van der Waals surface area contributed by atoms with Crippen molar-refractivity contribution in [3.05, 3.63) is 51.8 Å². The standard InChI is InChI=1S/C13H13ClN2O/c1-8-12(9(2)16-15-8)7-13(17)10-3-5-11(14)6-4-10/h3-6H,7H2,1-2H3,(H,15,16). The Hall–Kier alpha value is -1.61. The van der Waals surface area contributed by atoms with Gasteiger partial charge in [-0.15, -0.1) is 0 Å². The van der Waals surface area contributed by atoms with Gasteiger partial charge < -0.3 is 0 Å². The number of aromatic amines is 1. The lowest BCUT2D eigenvalue weighted by molar-refractivity contribution is 0.0992. The minimum atomic E-state index is 0.0780. The number of aryl methyl sites for hydroxylation is 2. The molecule has 0 unspecified atom stereocenters. The predicted molar refractivity (Wildman–Crippen MR) is 67.5 cm³/mol. The van der Waals surface area contributed by atoms with E-state index in [1.807, 2.05) is 13.8 Å². The Morgan fingerprint density at radius 2 is 1.94 bits per heavy atom. The number of hydrogen-bond acceptors (Lipinski definition) is 2. The molecule has 17 heavy (non-hydrogen) atoms. The van der Waals surface area contributed by atoms with Gasteiger partial charge in [-0.2, -0.15) is 5.10 Å². The number of halogens is 1. The Morgan fingerprint density at radius 3 is 2.47 bits per heavy atom. The molecule has 0 aliphatic carbocycles. The average Bonchev–Trinajstić information content (AvgIpc) is 2.61. The fraction of sp³-hybridized carbons (Fsp3) is 0.231. The third-order valence-corrected chi connectivity index (χ3v) is 3.04. The number of carbonyl (C=O) groups excluding carboxylic acids is 1. The number of rotatable bonds is 3. The molecular formula is C13H13ClN2O. The second kappa shape index (κ2) is 4.72. The van der Waals surface area contributed by atoms with E-state index < -0.39 is 0 Å². The minimum Gasteiger partial charge on any atom is -0.294 e. The molecule has 2 rings (SSSR count). The summed E-state index contributed by atoms with van der Waals surface area (Å²) in [6.45, 7) is 3.82. The molecule has 0 fully saturated rings. The predicted octanol–water partition coefficient (Wildman–Crippen LogP) is 3.11. The Labute approximate surface area is 105 Å². The molecule has 1 N–H and O–H groups in total. The summed E-state index contributed by atoms with van der Waals surface area (Å²) in [6, 6.07) is 6.94. The van der Waals surface area contributed by atoms with Crippen molar-refractivity contribution in [2.75, 3.05) is 0 Å². The number of carbonyl (C=O) groups is 1. The van der Waals surface area contributed by atoms with Gasteiger partial charge in [-0.3, -0.25) is 9.89 Å². The number of H-pyrrole nitrogens is 1. The Bertz CT molecular complexity index is 524. The monoisotopic (exact) mass is 248 g/mol. The van der Waals surface area contributed by atoms with Crippen LogP contribution in [0.5, 0.6) is 0 Å². The first-order valence-electron chi connectivity index (χ1n) is 5.37.